The molecule has 0 aliphatic carbocycles. The molecular formula is C18H18BrN3O5. The Morgan fingerprint density at radius 2 is 2.11 bits per heavy atom. The summed E-state index contributed by atoms with van der Waals surface area (Å²) in [7, 11) is 1.53. The zero-order valence-corrected chi connectivity index (χ0v) is 16.4. The van der Waals surface area contributed by atoms with Crippen molar-refractivity contribution in [3.8, 4) is 11.5 Å². The first-order chi connectivity index (χ1) is 13.0. The number of carbonyl (C=O) groups excluding carboxylic acids is 1. The third kappa shape index (κ3) is 5.52. The number of hydrogen-bond donors (Lipinski definition) is 1. The minimum atomic E-state index is -0.518. The number of hydrogen-bond acceptors (Lipinski definition) is 6. The molecule has 9 heteroatoms. The van der Waals surface area contributed by atoms with Crippen molar-refractivity contribution in [2.75, 3.05) is 13.7 Å². The average molecular weight is 436 g/mol. The predicted molar refractivity (Wildman–Crippen MR) is 104 cm³/mol. The average Bonchev–Trinajstić information content (AvgIpc) is 2.64. The van der Waals surface area contributed by atoms with E-state index in [1.165, 1.54) is 25.5 Å². The van der Waals surface area contributed by atoms with Gasteiger partial charge in [0.15, 0.2) is 11.5 Å². The molecule has 0 aliphatic rings. The Kier molecular flexibility index (Phi) is 7.30. The Bertz CT molecular complexity index is 870. The van der Waals surface area contributed by atoms with Crippen molar-refractivity contribution in [1.82, 2.24) is 5.43 Å². The van der Waals surface area contributed by atoms with Crippen LogP contribution in [0.4, 0.5) is 5.69 Å². The second-order valence-electron chi connectivity index (χ2n) is 5.32. The lowest BCUT2D eigenvalue weighted by Gasteiger charge is -2.11. The number of halogens is 1. The normalized spacial score (nSPS) is 10.6. The first-order valence-corrected chi connectivity index (χ1v) is 8.80. The first kappa shape index (κ1) is 20.4. The van der Waals surface area contributed by atoms with Crippen LogP contribution < -0.4 is 14.9 Å². The van der Waals surface area contributed by atoms with E-state index >= 15 is 0 Å². The number of amides is 1. The fraction of sp³-hybridized carbons (Fsp3) is 0.222. The SMILES string of the molecule is CCOc1c(Br)cc(C=NNC(=O)Cc2ccccc2[N+](=O)[O-])cc1OC. The minimum absolute atomic E-state index is 0.100. The molecule has 142 valence electrons. The van der Waals surface area contributed by atoms with Crippen LogP contribution in [0.3, 0.4) is 0 Å². The first-order valence-electron chi connectivity index (χ1n) is 8.00. The van der Waals surface area contributed by atoms with Gasteiger partial charge in [0, 0.05) is 11.6 Å². The highest BCUT2D eigenvalue weighted by Crippen LogP contribution is 2.36. The van der Waals surface area contributed by atoms with Gasteiger partial charge in [-0.25, -0.2) is 5.43 Å². The Hall–Kier alpha value is -2.94. The number of rotatable bonds is 8. The zero-order chi connectivity index (χ0) is 19.8. The molecule has 2 aromatic rings. The lowest BCUT2D eigenvalue weighted by Crippen LogP contribution is -2.20. The number of nitro groups is 1. The van der Waals surface area contributed by atoms with Crippen LogP contribution in [0.5, 0.6) is 11.5 Å². The van der Waals surface area contributed by atoms with E-state index in [-0.39, 0.29) is 12.1 Å². The van der Waals surface area contributed by atoms with E-state index in [9.17, 15) is 14.9 Å². The minimum Gasteiger partial charge on any atom is -0.493 e. The van der Waals surface area contributed by atoms with E-state index in [2.05, 4.69) is 26.5 Å². The second kappa shape index (κ2) is 9.67. The van der Waals surface area contributed by atoms with Gasteiger partial charge in [-0.3, -0.25) is 14.9 Å². The largest absolute Gasteiger partial charge is 0.493 e. The number of carbonyl (C=O) groups is 1. The molecule has 0 unspecified atom stereocenters. The van der Waals surface area contributed by atoms with Crippen LogP contribution in [-0.2, 0) is 11.2 Å². The maximum atomic E-state index is 12.0. The van der Waals surface area contributed by atoms with Crippen molar-refractivity contribution in [3.05, 3.63) is 62.1 Å². The van der Waals surface area contributed by atoms with E-state index in [1.807, 2.05) is 6.92 Å². The summed E-state index contributed by atoms with van der Waals surface area (Å²) in [5, 5.41) is 14.9. The van der Waals surface area contributed by atoms with Gasteiger partial charge in [-0.05, 0) is 40.5 Å². The van der Waals surface area contributed by atoms with Crippen molar-refractivity contribution < 1.29 is 19.2 Å². The molecule has 27 heavy (non-hydrogen) atoms. The van der Waals surface area contributed by atoms with Gasteiger partial charge in [0.1, 0.15) is 0 Å². The van der Waals surface area contributed by atoms with Gasteiger partial charge in [-0.15, -0.1) is 0 Å². The van der Waals surface area contributed by atoms with Gasteiger partial charge < -0.3 is 9.47 Å². The summed E-state index contributed by atoms with van der Waals surface area (Å²) < 4.78 is 11.5. The summed E-state index contributed by atoms with van der Waals surface area (Å²) in [6.07, 6.45) is 1.30. The van der Waals surface area contributed by atoms with Crippen LogP contribution >= 0.6 is 15.9 Å². The number of nitrogens with zero attached hydrogens (tertiary/aromatic N) is 2. The molecule has 0 fully saturated rings. The van der Waals surface area contributed by atoms with Crippen LogP contribution in [0.25, 0.3) is 0 Å². The van der Waals surface area contributed by atoms with Gasteiger partial charge in [0.25, 0.3) is 5.69 Å². The van der Waals surface area contributed by atoms with E-state index in [0.29, 0.717) is 33.7 Å². The highest BCUT2D eigenvalue weighted by atomic mass is 79.9. The predicted octanol–water partition coefficient (Wildman–Crippen LogP) is 3.46. The van der Waals surface area contributed by atoms with Gasteiger partial charge >= 0.3 is 0 Å². The van der Waals surface area contributed by atoms with Crippen LogP contribution in [0.15, 0.2) is 46.0 Å². The summed E-state index contributed by atoms with van der Waals surface area (Å²) >= 11 is 3.41. The molecule has 2 rings (SSSR count). The maximum absolute atomic E-state index is 12.0. The Morgan fingerprint density at radius 1 is 1.37 bits per heavy atom. The Morgan fingerprint density at radius 3 is 2.78 bits per heavy atom. The highest BCUT2D eigenvalue weighted by molar-refractivity contribution is 9.10. The standard InChI is InChI=1S/C18H18BrN3O5/c1-3-27-18-14(19)8-12(9-16(18)26-2)11-20-21-17(23)10-13-6-4-5-7-15(13)22(24)25/h4-9,11H,3,10H2,1-2H3,(H,21,23). The molecule has 8 nitrogen and oxygen atoms in total. The molecule has 0 spiro atoms. The fourth-order valence-corrected chi connectivity index (χ4v) is 2.90. The molecule has 1 amide bonds. The maximum Gasteiger partial charge on any atom is 0.273 e. The molecule has 0 aliphatic heterocycles. The number of hydrazone groups is 1. The van der Waals surface area contributed by atoms with Crippen LogP contribution in [0.2, 0.25) is 0 Å². The Balaban J connectivity index is 2.06. The Labute approximate surface area is 164 Å². The van der Waals surface area contributed by atoms with Gasteiger partial charge in [0.2, 0.25) is 5.91 Å². The third-order valence-corrected chi connectivity index (χ3v) is 4.07. The van der Waals surface area contributed by atoms with E-state index in [4.69, 9.17) is 9.47 Å². The number of benzene rings is 2. The summed E-state index contributed by atoms with van der Waals surface area (Å²) in [6.45, 7) is 2.36. The number of nitro benzene ring substituents is 1. The van der Waals surface area contributed by atoms with Crippen LogP contribution in [0.1, 0.15) is 18.1 Å². The fourth-order valence-electron chi connectivity index (χ4n) is 2.33. The van der Waals surface area contributed by atoms with E-state index < -0.39 is 10.8 Å². The summed E-state index contributed by atoms with van der Waals surface area (Å²) in [5.41, 5.74) is 3.26. The molecule has 0 saturated heterocycles. The second-order valence-corrected chi connectivity index (χ2v) is 6.18. The van der Waals surface area contributed by atoms with Crippen molar-refractivity contribution >= 4 is 33.7 Å². The molecular weight excluding hydrogens is 418 g/mol. The van der Waals surface area contributed by atoms with Crippen LogP contribution in [-0.4, -0.2) is 30.8 Å². The van der Waals surface area contributed by atoms with Crippen molar-refractivity contribution in [2.24, 2.45) is 5.10 Å². The number of methoxy groups -OCH3 is 1. The van der Waals surface area contributed by atoms with Crippen molar-refractivity contribution in [2.45, 2.75) is 13.3 Å². The van der Waals surface area contributed by atoms with Crippen molar-refractivity contribution in [1.29, 1.82) is 0 Å². The summed E-state index contributed by atoms with van der Waals surface area (Å²) in [4.78, 5) is 22.5. The zero-order valence-electron chi connectivity index (χ0n) is 14.8. The lowest BCUT2D eigenvalue weighted by molar-refractivity contribution is -0.385. The van der Waals surface area contributed by atoms with E-state index in [1.54, 1.807) is 24.3 Å². The van der Waals surface area contributed by atoms with Gasteiger partial charge in [0.05, 0.1) is 35.7 Å². The monoisotopic (exact) mass is 435 g/mol. The molecule has 2 aromatic carbocycles. The van der Waals surface area contributed by atoms with Crippen molar-refractivity contribution in [3.63, 3.8) is 0 Å². The molecule has 0 saturated carbocycles. The topological polar surface area (TPSA) is 103 Å². The molecule has 1 N–H and O–H groups in total. The summed E-state index contributed by atoms with van der Waals surface area (Å²) in [5.74, 6) is 0.647. The summed E-state index contributed by atoms with van der Waals surface area (Å²) in [6, 6.07) is 9.57. The number of ether oxygens (including phenoxy) is 2. The molecule has 0 aromatic heterocycles. The molecule has 0 heterocycles. The van der Waals surface area contributed by atoms with Crippen LogP contribution in [0, 0.1) is 10.1 Å². The third-order valence-electron chi connectivity index (χ3n) is 3.48. The highest BCUT2D eigenvalue weighted by Gasteiger charge is 2.15. The molecule has 0 radical (unpaired) electrons. The number of nitrogens with one attached hydrogen (secondary N) is 1. The lowest BCUT2D eigenvalue weighted by atomic mass is 10.1. The van der Waals surface area contributed by atoms with Gasteiger partial charge in [-0.1, -0.05) is 18.2 Å². The molecule has 0 atom stereocenters. The smallest absolute Gasteiger partial charge is 0.273 e. The quantitative estimate of drug-likeness (QED) is 0.388. The molecule has 0 bridgehead atoms. The van der Waals surface area contributed by atoms with Gasteiger partial charge in [-0.2, -0.15) is 5.10 Å². The number of para-hydroxylation sites is 1. The van der Waals surface area contributed by atoms with E-state index in [0.717, 1.165) is 0 Å².